The molecule has 1 aliphatic heterocycles. The lowest BCUT2D eigenvalue weighted by molar-refractivity contribution is 0.133. The van der Waals surface area contributed by atoms with Crippen molar-refractivity contribution < 1.29 is 13.2 Å². The normalized spacial score (nSPS) is 21.4. The van der Waals surface area contributed by atoms with Crippen molar-refractivity contribution in [3.63, 3.8) is 0 Å². The molecule has 0 unspecified atom stereocenters. The minimum Gasteiger partial charge on any atom is -0.381 e. The Bertz CT molecular complexity index is 337. The molecular weight excluding hydrogens is 252 g/mol. The van der Waals surface area contributed by atoms with Gasteiger partial charge in [-0.05, 0) is 39.4 Å². The van der Waals surface area contributed by atoms with Crippen molar-refractivity contribution in [3.05, 3.63) is 0 Å². The molecule has 1 atom stereocenters. The zero-order chi connectivity index (χ0) is 13.8. The van der Waals surface area contributed by atoms with Gasteiger partial charge in [-0.2, -0.15) is 0 Å². The average molecular weight is 278 g/mol. The van der Waals surface area contributed by atoms with Gasteiger partial charge in [-0.15, -0.1) is 0 Å². The smallest absolute Gasteiger partial charge is 0.216 e. The van der Waals surface area contributed by atoms with E-state index in [1.165, 1.54) is 0 Å². The third-order valence-corrected chi connectivity index (χ3v) is 5.87. The summed E-state index contributed by atoms with van der Waals surface area (Å²) in [5.41, 5.74) is 0. The Morgan fingerprint density at radius 1 is 1.39 bits per heavy atom. The van der Waals surface area contributed by atoms with Crippen molar-refractivity contribution in [2.75, 3.05) is 39.5 Å². The molecule has 6 heteroatoms. The summed E-state index contributed by atoms with van der Waals surface area (Å²) in [7, 11) is 0.0343. The quantitative estimate of drug-likeness (QED) is 0.720. The van der Waals surface area contributed by atoms with E-state index in [1.54, 1.807) is 25.4 Å². The van der Waals surface area contributed by atoms with E-state index in [2.05, 4.69) is 11.8 Å². The lowest BCUT2D eigenvalue weighted by Gasteiger charge is -2.35. The molecule has 0 aromatic rings. The van der Waals surface area contributed by atoms with Crippen molar-refractivity contribution in [1.29, 1.82) is 0 Å². The van der Waals surface area contributed by atoms with Crippen LogP contribution >= 0.6 is 0 Å². The summed E-state index contributed by atoms with van der Waals surface area (Å²) in [6.45, 7) is 6.94. The molecule has 0 aromatic heterocycles. The number of hydrogen-bond acceptors (Lipinski definition) is 4. The number of piperidine rings is 1. The Morgan fingerprint density at radius 3 is 2.39 bits per heavy atom. The van der Waals surface area contributed by atoms with Crippen LogP contribution in [0.2, 0.25) is 0 Å². The second-order valence-electron chi connectivity index (χ2n) is 5.01. The summed E-state index contributed by atoms with van der Waals surface area (Å²) in [6.07, 6.45) is 1.59. The highest BCUT2D eigenvalue weighted by Crippen LogP contribution is 2.18. The van der Waals surface area contributed by atoms with Gasteiger partial charge in [0.1, 0.15) is 0 Å². The summed E-state index contributed by atoms with van der Waals surface area (Å²) < 4.78 is 31.0. The second kappa shape index (κ2) is 6.84. The molecule has 1 heterocycles. The van der Waals surface area contributed by atoms with Crippen LogP contribution in [-0.4, -0.2) is 69.3 Å². The van der Waals surface area contributed by atoms with Crippen molar-refractivity contribution in [2.24, 2.45) is 0 Å². The molecule has 0 radical (unpaired) electrons. The topological polar surface area (TPSA) is 49.9 Å². The lowest BCUT2D eigenvalue weighted by atomic mass is 10.1. The predicted octanol–water partition coefficient (Wildman–Crippen LogP) is 0.767. The second-order valence-corrected chi connectivity index (χ2v) is 7.08. The molecule has 1 saturated heterocycles. The van der Waals surface area contributed by atoms with E-state index in [1.807, 2.05) is 0 Å². The molecule has 1 fully saturated rings. The van der Waals surface area contributed by atoms with Crippen LogP contribution in [0.1, 0.15) is 26.7 Å². The van der Waals surface area contributed by atoms with Gasteiger partial charge in [-0.1, -0.05) is 6.92 Å². The fourth-order valence-electron chi connectivity index (χ4n) is 2.31. The predicted molar refractivity (Wildman–Crippen MR) is 73.2 cm³/mol. The largest absolute Gasteiger partial charge is 0.381 e. The fourth-order valence-corrected chi connectivity index (χ4v) is 3.94. The first-order chi connectivity index (χ1) is 8.40. The molecule has 5 nitrogen and oxygen atoms in total. The minimum absolute atomic E-state index is 0.0635. The van der Waals surface area contributed by atoms with Crippen LogP contribution in [0.3, 0.4) is 0 Å². The molecule has 0 aromatic carbocycles. The van der Waals surface area contributed by atoms with E-state index in [-0.39, 0.29) is 17.9 Å². The zero-order valence-electron chi connectivity index (χ0n) is 11.9. The molecule has 0 N–H and O–H groups in total. The van der Waals surface area contributed by atoms with Crippen LogP contribution < -0.4 is 0 Å². The maximum atomic E-state index is 12.2. The van der Waals surface area contributed by atoms with E-state index in [4.69, 9.17) is 4.74 Å². The zero-order valence-corrected chi connectivity index (χ0v) is 12.7. The van der Waals surface area contributed by atoms with Crippen molar-refractivity contribution in [3.8, 4) is 0 Å². The van der Waals surface area contributed by atoms with Crippen molar-refractivity contribution >= 4 is 10.0 Å². The first-order valence-corrected chi connectivity index (χ1v) is 8.22. The molecule has 0 bridgehead atoms. The van der Waals surface area contributed by atoms with Crippen LogP contribution in [0.15, 0.2) is 0 Å². The molecule has 0 saturated carbocycles. The SMILES string of the molecule is CCN1CCC(N(C)S(=O)(=O)C[C@H](C)OC)CC1. The van der Waals surface area contributed by atoms with Gasteiger partial charge in [-0.3, -0.25) is 0 Å². The number of sulfonamides is 1. The third kappa shape index (κ3) is 4.19. The van der Waals surface area contributed by atoms with Crippen molar-refractivity contribution in [2.45, 2.75) is 38.8 Å². The van der Waals surface area contributed by atoms with E-state index in [9.17, 15) is 8.42 Å². The highest BCUT2D eigenvalue weighted by Gasteiger charge is 2.30. The molecule has 0 amide bonds. The minimum atomic E-state index is -3.21. The summed E-state index contributed by atoms with van der Waals surface area (Å²) in [6, 6.07) is 0.141. The summed E-state index contributed by atoms with van der Waals surface area (Å²) in [5.74, 6) is 0.0635. The maximum absolute atomic E-state index is 12.2. The van der Waals surface area contributed by atoms with Crippen LogP contribution in [0.5, 0.6) is 0 Å². The average Bonchev–Trinajstić information content (AvgIpc) is 2.37. The Balaban J connectivity index is 2.56. The van der Waals surface area contributed by atoms with Gasteiger partial charge < -0.3 is 9.64 Å². The maximum Gasteiger partial charge on any atom is 0.216 e. The molecule has 0 aliphatic carbocycles. The molecular formula is C12H26N2O3S. The standard InChI is InChI=1S/C12H26N2O3S/c1-5-14-8-6-12(7-9-14)13(3)18(15,16)10-11(2)17-4/h11-12H,5-10H2,1-4H3/t11-/m0/s1. The number of ether oxygens (including phenoxy) is 1. The number of rotatable bonds is 6. The van der Waals surface area contributed by atoms with Gasteiger partial charge in [-0.25, -0.2) is 12.7 Å². The number of hydrogen-bond donors (Lipinski definition) is 0. The monoisotopic (exact) mass is 278 g/mol. The third-order valence-electron chi connectivity index (χ3n) is 3.81. The van der Waals surface area contributed by atoms with Crippen molar-refractivity contribution in [1.82, 2.24) is 9.21 Å². The highest BCUT2D eigenvalue weighted by atomic mass is 32.2. The van der Waals surface area contributed by atoms with Gasteiger partial charge in [0.2, 0.25) is 10.0 Å². The highest BCUT2D eigenvalue weighted by molar-refractivity contribution is 7.89. The summed E-state index contributed by atoms with van der Waals surface area (Å²) in [4.78, 5) is 2.36. The Kier molecular flexibility index (Phi) is 6.04. The van der Waals surface area contributed by atoms with E-state index < -0.39 is 10.0 Å². The summed E-state index contributed by atoms with van der Waals surface area (Å²) >= 11 is 0. The van der Waals surface area contributed by atoms with Gasteiger partial charge in [0.25, 0.3) is 0 Å². The number of methoxy groups -OCH3 is 1. The first-order valence-electron chi connectivity index (χ1n) is 6.61. The lowest BCUT2D eigenvalue weighted by Crippen LogP contribution is -2.47. The van der Waals surface area contributed by atoms with Gasteiger partial charge in [0.05, 0.1) is 11.9 Å². The van der Waals surface area contributed by atoms with Gasteiger partial charge in [0, 0.05) is 20.2 Å². The van der Waals surface area contributed by atoms with Crippen LogP contribution in [0.25, 0.3) is 0 Å². The van der Waals surface area contributed by atoms with Gasteiger partial charge >= 0.3 is 0 Å². The van der Waals surface area contributed by atoms with E-state index >= 15 is 0 Å². The molecule has 108 valence electrons. The van der Waals surface area contributed by atoms with E-state index in [0.29, 0.717) is 0 Å². The molecule has 0 spiro atoms. The first kappa shape index (κ1) is 15.9. The van der Waals surface area contributed by atoms with Crippen LogP contribution in [0, 0.1) is 0 Å². The Hall–Kier alpha value is -0.170. The van der Waals surface area contributed by atoms with Crippen LogP contribution in [-0.2, 0) is 14.8 Å². The number of likely N-dealkylation sites (tertiary alicyclic amines) is 1. The Labute approximate surface area is 111 Å². The summed E-state index contributed by atoms with van der Waals surface area (Å²) in [5, 5.41) is 0. The molecule has 1 rings (SSSR count). The fraction of sp³-hybridized carbons (Fsp3) is 1.00. The van der Waals surface area contributed by atoms with E-state index in [0.717, 1.165) is 32.5 Å². The molecule has 1 aliphatic rings. The number of nitrogens with zero attached hydrogens (tertiary/aromatic N) is 2. The van der Waals surface area contributed by atoms with Gasteiger partial charge in [0.15, 0.2) is 0 Å². The molecule has 18 heavy (non-hydrogen) atoms. The Morgan fingerprint density at radius 2 is 1.94 bits per heavy atom. The van der Waals surface area contributed by atoms with Crippen LogP contribution in [0.4, 0.5) is 0 Å².